The van der Waals surface area contributed by atoms with Crippen LogP contribution in [0.2, 0.25) is 0 Å². The van der Waals surface area contributed by atoms with E-state index in [-0.39, 0.29) is 11.6 Å². The number of fused-ring (bicyclic) bond motifs is 1. The average molecular weight is 537 g/mol. The fourth-order valence-electron chi connectivity index (χ4n) is 5.45. The van der Waals surface area contributed by atoms with Gasteiger partial charge in [0.2, 0.25) is 11.9 Å². The first-order valence-corrected chi connectivity index (χ1v) is 14.9. The molecule has 1 fully saturated rings. The van der Waals surface area contributed by atoms with E-state index in [1.54, 1.807) is 19.8 Å². The van der Waals surface area contributed by atoms with Crippen molar-refractivity contribution in [3.63, 3.8) is 0 Å². The second kappa shape index (κ2) is 11.4. The fourth-order valence-corrected chi connectivity index (χ4v) is 5.98. The minimum atomic E-state index is -1.60. The van der Waals surface area contributed by atoms with E-state index in [1.165, 1.54) is 27.1 Å². The van der Waals surface area contributed by atoms with Crippen molar-refractivity contribution in [3.05, 3.63) is 68.7 Å². The lowest BCUT2D eigenvalue weighted by molar-refractivity contribution is 0.151. The number of benzene rings is 1. The summed E-state index contributed by atoms with van der Waals surface area (Å²) in [5, 5.41) is 2.31. The van der Waals surface area contributed by atoms with Crippen LogP contribution in [0.3, 0.4) is 0 Å². The molecule has 2 aliphatic rings. The van der Waals surface area contributed by atoms with Crippen LogP contribution in [0.5, 0.6) is 0 Å². The zero-order valence-corrected chi connectivity index (χ0v) is 23.5. The molecule has 1 aliphatic carbocycles. The summed E-state index contributed by atoms with van der Waals surface area (Å²) < 4.78 is 9.46. The molecule has 1 N–H and O–H groups in total. The molecular formula is C28H37N6O3P. The van der Waals surface area contributed by atoms with Crippen molar-refractivity contribution in [2.75, 3.05) is 36.6 Å². The Balaban J connectivity index is 1.36. The molecule has 5 rings (SSSR count). The van der Waals surface area contributed by atoms with Crippen molar-refractivity contribution >= 4 is 32.4 Å². The summed E-state index contributed by atoms with van der Waals surface area (Å²) >= 11 is 0. The third-order valence-corrected chi connectivity index (χ3v) is 8.07. The maximum absolute atomic E-state index is 12.7. The molecule has 0 spiro atoms. The van der Waals surface area contributed by atoms with E-state index in [1.807, 2.05) is 7.05 Å². The summed E-state index contributed by atoms with van der Waals surface area (Å²) in [5.74, 6) is 1.59. The van der Waals surface area contributed by atoms with Crippen molar-refractivity contribution in [1.29, 1.82) is 0 Å². The SMILES string of the molecule is Cc1ccc(Cn2c(N3CCC(N(C)c4nccc(=O)n4C(C)OP(C)O)CC3)nc3c2=CCCC=3)cc1. The van der Waals surface area contributed by atoms with Crippen molar-refractivity contribution in [1.82, 2.24) is 19.1 Å². The first-order valence-electron chi connectivity index (χ1n) is 13.3. The van der Waals surface area contributed by atoms with Crippen molar-refractivity contribution in [3.8, 4) is 0 Å². The molecule has 0 radical (unpaired) electrons. The number of hydrogen-bond acceptors (Lipinski definition) is 7. The quantitative estimate of drug-likeness (QED) is 0.443. The molecule has 9 nitrogen and oxygen atoms in total. The molecule has 0 amide bonds. The summed E-state index contributed by atoms with van der Waals surface area (Å²) in [5.41, 5.74) is 2.34. The summed E-state index contributed by atoms with van der Waals surface area (Å²) in [6.45, 7) is 8.00. The zero-order valence-electron chi connectivity index (χ0n) is 22.6. The summed E-state index contributed by atoms with van der Waals surface area (Å²) in [6, 6.07) is 10.4. The highest BCUT2D eigenvalue weighted by Crippen LogP contribution is 2.33. The third-order valence-electron chi connectivity index (χ3n) is 7.46. The number of rotatable bonds is 8. The molecule has 1 aromatic carbocycles. The molecule has 0 saturated carbocycles. The van der Waals surface area contributed by atoms with E-state index < -0.39 is 14.6 Å². The van der Waals surface area contributed by atoms with Gasteiger partial charge in [-0.2, -0.15) is 0 Å². The number of aryl methyl sites for hydroxylation is 1. The molecular weight excluding hydrogens is 499 g/mol. The van der Waals surface area contributed by atoms with E-state index in [4.69, 9.17) is 9.51 Å². The number of anilines is 2. The Hall–Kier alpha value is -3.00. The van der Waals surface area contributed by atoms with Gasteiger partial charge in [-0.05, 0) is 45.1 Å². The van der Waals surface area contributed by atoms with Gasteiger partial charge in [-0.3, -0.25) is 9.36 Å². The first-order chi connectivity index (χ1) is 18.3. The molecule has 202 valence electrons. The lowest BCUT2D eigenvalue weighted by Gasteiger charge is -2.38. The molecule has 1 saturated heterocycles. The molecule has 3 aromatic rings. The first kappa shape index (κ1) is 26.6. The topological polar surface area (TPSA) is 88.7 Å². The van der Waals surface area contributed by atoms with Crippen LogP contribution in [0.15, 0.2) is 41.3 Å². The second-order valence-electron chi connectivity index (χ2n) is 10.2. The molecule has 2 unspecified atom stereocenters. The van der Waals surface area contributed by atoms with E-state index in [0.29, 0.717) is 5.95 Å². The van der Waals surface area contributed by atoms with Crippen LogP contribution >= 0.6 is 8.38 Å². The van der Waals surface area contributed by atoms with Gasteiger partial charge in [0.1, 0.15) is 6.23 Å². The Kier molecular flexibility index (Phi) is 7.98. The van der Waals surface area contributed by atoms with E-state index in [2.05, 4.69) is 62.7 Å². The van der Waals surface area contributed by atoms with Crippen LogP contribution in [0.25, 0.3) is 12.2 Å². The molecule has 10 heteroatoms. The monoisotopic (exact) mass is 536 g/mol. The van der Waals surface area contributed by atoms with Crippen LogP contribution in [0, 0.1) is 6.92 Å². The van der Waals surface area contributed by atoms with Gasteiger partial charge in [0, 0.05) is 45.1 Å². The van der Waals surface area contributed by atoms with Crippen LogP contribution < -0.4 is 26.1 Å². The lowest BCUT2D eigenvalue weighted by Crippen LogP contribution is -2.46. The fraction of sp³-hybridized carbons (Fsp3) is 0.464. The van der Waals surface area contributed by atoms with Crippen molar-refractivity contribution < 1.29 is 9.42 Å². The number of imidazole rings is 1. The standard InChI is InChI=1S/C28H37N6O3P/c1-20-9-11-22(12-10-20)19-33-25-8-6-5-7-24(25)30-28(33)32-17-14-23(15-18-32)31(3)27-29-16-13-26(35)34(27)21(2)37-38(4)36/h7-13,16,21,23,36H,5-6,14-15,17-19H2,1-4H3. The highest BCUT2D eigenvalue weighted by molar-refractivity contribution is 7.45. The normalized spacial score (nSPS) is 17.3. The van der Waals surface area contributed by atoms with Gasteiger partial charge in [-0.25, -0.2) is 9.97 Å². The van der Waals surface area contributed by atoms with Gasteiger partial charge < -0.3 is 23.8 Å². The van der Waals surface area contributed by atoms with E-state index in [9.17, 15) is 9.69 Å². The Bertz CT molecular complexity index is 1440. The summed E-state index contributed by atoms with van der Waals surface area (Å²) in [6.07, 6.45) is 9.40. The molecule has 3 heterocycles. The minimum absolute atomic E-state index is 0.195. The molecule has 0 bridgehead atoms. The maximum atomic E-state index is 12.7. The Labute approximate surface area is 224 Å². The van der Waals surface area contributed by atoms with Crippen molar-refractivity contribution in [2.24, 2.45) is 0 Å². The van der Waals surface area contributed by atoms with Gasteiger partial charge in [0.25, 0.3) is 5.56 Å². The van der Waals surface area contributed by atoms with Gasteiger partial charge >= 0.3 is 0 Å². The Morgan fingerprint density at radius 2 is 1.87 bits per heavy atom. The lowest BCUT2D eigenvalue weighted by atomic mass is 10.0. The number of hydrogen-bond donors (Lipinski definition) is 1. The van der Waals surface area contributed by atoms with Gasteiger partial charge in [-0.1, -0.05) is 42.0 Å². The molecule has 1 aliphatic heterocycles. The largest absolute Gasteiger partial charge is 0.350 e. The minimum Gasteiger partial charge on any atom is -0.350 e. The van der Waals surface area contributed by atoms with Crippen LogP contribution in [-0.4, -0.2) is 56.8 Å². The van der Waals surface area contributed by atoms with Gasteiger partial charge in [0.15, 0.2) is 8.38 Å². The van der Waals surface area contributed by atoms with E-state index >= 15 is 0 Å². The highest BCUT2D eigenvalue weighted by Gasteiger charge is 2.28. The highest BCUT2D eigenvalue weighted by atomic mass is 31.2. The van der Waals surface area contributed by atoms with Crippen molar-refractivity contribution in [2.45, 2.75) is 58.3 Å². The second-order valence-corrected chi connectivity index (χ2v) is 11.3. The smallest absolute Gasteiger partial charge is 0.256 e. The Morgan fingerprint density at radius 3 is 2.58 bits per heavy atom. The Morgan fingerprint density at radius 1 is 1.16 bits per heavy atom. The predicted octanol–water partition coefficient (Wildman–Crippen LogP) is 2.73. The predicted molar refractivity (Wildman–Crippen MR) is 153 cm³/mol. The third kappa shape index (κ3) is 5.55. The summed E-state index contributed by atoms with van der Waals surface area (Å²) in [4.78, 5) is 36.6. The molecule has 38 heavy (non-hydrogen) atoms. The molecule has 2 aromatic heterocycles. The average Bonchev–Trinajstić information content (AvgIpc) is 3.27. The van der Waals surface area contributed by atoms with Gasteiger partial charge in [0.05, 0.1) is 17.2 Å². The maximum Gasteiger partial charge on any atom is 0.256 e. The van der Waals surface area contributed by atoms with Crippen LogP contribution in [-0.2, 0) is 11.1 Å². The molecule has 2 atom stereocenters. The van der Waals surface area contributed by atoms with E-state index in [0.717, 1.165) is 56.6 Å². The number of piperidine rings is 1. The number of aromatic nitrogens is 4. The van der Waals surface area contributed by atoms with Crippen LogP contribution in [0.4, 0.5) is 11.9 Å². The number of nitrogens with zero attached hydrogens (tertiary/aromatic N) is 6. The zero-order chi connectivity index (χ0) is 26.8. The summed E-state index contributed by atoms with van der Waals surface area (Å²) in [7, 11) is 0.382. The van der Waals surface area contributed by atoms with Crippen LogP contribution in [0.1, 0.15) is 50.0 Å². The van der Waals surface area contributed by atoms with Gasteiger partial charge in [-0.15, -0.1) is 0 Å².